The first-order chi connectivity index (χ1) is 13.6. The molecule has 0 bridgehead atoms. The van der Waals surface area contributed by atoms with Crippen molar-refractivity contribution in [1.29, 1.82) is 0 Å². The van der Waals surface area contributed by atoms with E-state index in [4.69, 9.17) is 14.2 Å². The lowest BCUT2D eigenvalue weighted by Crippen LogP contribution is -2.51. The van der Waals surface area contributed by atoms with E-state index in [1.807, 2.05) is 17.0 Å². The number of carbonyl (C=O) groups excluding carboxylic acids is 1. The Morgan fingerprint density at radius 2 is 2.07 bits per heavy atom. The number of methoxy groups -OCH3 is 1. The number of ether oxygens (including phenoxy) is 1. The van der Waals surface area contributed by atoms with E-state index in [1.165, 1.54) is 0 Å². The topological polar surface area (TPSA) is 81.4 Å². The summed E-state index contributed by atoms with van der Waals surface area (Å²) in [4.78, 5) is 23.7. The first kappa shape index (κ1) is 20.5. The summed E-state index contributed by atoms with van der Waals surface area (Å²) in [5.41, 5.74) is 0.501. The van der Waals surface area contributed by atoms with E-state index in [2.05, 4.69) is 24.0 Å². The number of amides is 1. The van der Waals surface area contributed by atoms with Crippen molar-refractivity contribution in [2.45, 2.75) is 51.4 Å². The molecule has 1 atom stereocenters. The summed E-state index contributed by atoms with van der Waals surface area (Å²) in [6.07, 6.45) is 7.74. The van der Waals surface area contributed by atoms with Gasteiger partial charge in [0.25, 0.3) is 5.89 Å². The van der Waals surface area contributed by atoms with E-state index in [0.29, 0.717) is 24.9 Å². The highest BCUT2D eigenvalue weighted by Gasteiger charge is 2.43. The number of aromatic nitrogens is 3. The van der Waals surface area contributed by atoms with Crippen LogP contribution in [0.25, 0.3) is 11.5 Å². The molecule has 2 aromatic heterocycles. The third-order valence-electron chi connectivity index (χ3n) is 5.84. The number of carbonyl (C=O) groups is 1. The molecule has 7 nitrogen and oxygen atoms in total. The molecule has 1 unspecified atom stereocenters. The minimum atomic E-state index is -0.343. The van der Waals surface area contributed by atoms with Crippen molar-refractivity contribution < 1.29 is 14.1 Å². The van der Waals surface area contributed by atoms with Crippen LogP contribution in [0.1, 0.15) is 51.8 Å². The molecule has 1 amide bonds. The molecule has 1 aliphatic rings. The Labute approximate surface area is 166 Å². The predicted octanol–water partition coefficient (Wildman–Crippen LogP) is 3.46. The molecule has 0 N–H and O–H groups in total. The van der Waals surface area contributed by atoms with Gasteiger partial charge < -0.3 is 14.2 Å². The monoisotopic (exact) mass is 386 g/mol. The third kappa shape index (κ3) is 4.24. The molecule has 0 aliphatic carbocycles. The Balaban J connectivity index is 1.88. The first-order valence-corrected chi connectivity index (χ1v) is 10.2. The molecule has 28 heavy (non-hydrogen) atoms. The van der Waals surface area contributed by atoms with Crippen molar-refractivity contribution in [3.05, 3.63) is 30.4 Å². The van der Waals surface area contributed by atoms with Gasteiger partial charge in [-0.3, -0.25) is 9.78 Å². The largest absolute Gasteiger partial charge is 0.385 e. The molecule has 7 heteroatoms. The molecule has 0 aromatic carbocycles. The molecule has 1 aliphatic heterocycles. The summed E-state index contributed by atoms with van der Waals surface area (Å²) in [7, 11) is 1.70. The lowest BCUT2D eigenvalue weighted by molar-refractivity contribution is -0.138. The van der Waals surface area contributed by atoms with Gasteiger partial charge in [-0.05, 0) is 44.2 Å². The summed E-state index contributed by atoms with van der Waals surface area (Å²) in [5.74, 6) is 1.47. The molecular formula is C21H30N4O3. The summed E-state index contributed by atoms with van der Waals surface area (Å²) in [6.45, 7) is 6.15. The van der Waals surface area contributed by atoms with Crippen molar-refractivity contribution in [1.82, 2.24) is 20.0 Å². The quantitative estimate of drug-likeness (QED) is 0.691. The van der Waals surface area contributed by atoms with Crippen LogP contribution in [0.15, 0.2) is 29.0 Å². The molecular weight excluding hydrogens is 356 g/mol. The second kappa shape index (κ2) is 9.28. The van der Waals surface area contributed by atoms with Crippen molar-refractivity contribution in [2.24, 2.45) is 5.92 Å². The van der Waals surface area contributed by atoms with Gasteiger partial charge in [0.2, 0.25) is 5.91 Å². The van der Waals surface area contributed by atoms with Gasteiger partial charge in [0, 0.05) is 50.7 Å². The lowest BCUT2D eigenvalue weighted by atomic mass is 9.76. The number of nitrogens with zero attached hydrogens (tertiary/aromatic N) is 4. The summed E-state index contributed by atoms with van der Waals surface area (Å²) in [6, 6.07) is 3.70. The van der Waals surface area contributed by atoms with E-state index in [-0.39, 0.29) is 17.2 Å². The molecule has 1 saturated heterocycles. The number of likely N-dealkylation sites (tertiary alicyclic amines) is 1. The maximum atomic E-state index is 13.0. The summed E-state index contributed by atoms with van der Waals surface area (Å²) in [5, 5.41) is 4.32. The van der Waals surface area contributed by atoms with E-state index in [1.54, 1.807) is 19.5 Å². The fourth-order valence-electron chi connectivity index (χ4n) is 4.06. The summed E-state index contributed by atoms with van der Waals surface area (Å²) >= 11 is 0. The molecule has 0 spiro atoms. The highest BCUT2D eigenvalue weighted by atomic mass is 16.5. The SMILES string of the molecule is CCC(CC)C(=O)N1CCCC(CCOC)(c2noc(-c3ccncc3)n2)C1. The lowest BCUT2D eigenvalue weighted by Gasteiger charge is -2.42. The molecule has 1 fully saturated rings. The van der Waals surface area contributed by atoms with Crippen LogP contribution in [-0.2, 0) is 14.9 Å². The van der Waals surface area contributed by atoms with Gasteiger partial charge in [0.15, 0.2) is 5.82 Å². The van der Waals surface area contributed by atoms with Crippen molar-refractivity contribution >= 4 is 5.91 Å². The van der Waals surface area contributed by atoms with Crippen LogP contribution in [0, 0.1) is 5.92 Å². The van der Waals surface area contributed by atoms with E-state index in [9.17, 15) is 4.79 Å². The molecule has 152 valence electrons. The molecule has 3 rings (SSSR count). The minimum absolute atomic E-state index is 0.0795. The normalized spacial score (nSPS) is 19.9. The standard InChI is InChI=1S/C21H30N4O3/c1-4-16(5-2)19(26)25-13-6-9-21(15-25,10-14-27-3)20-23-18(28-24-20)17-7-11-22-12-8-17/h7-8,11-12,16H,4-6,9-10,13-15H2,1-3H3. The Kier molecular flexibility index (Phi) is 6.78. The highest BCUT2D eigenvalue weighted by molar-refractivity contribution is 5.79. The Morgan fingerprint density at radius 1 is 1.32 bits per heavy atom. The second-order valence-electron chi connectivity index (χ2n) is 7.56. The number of hydrogen-bond acceptors (Lipinski definition) is 6. The smallest absolute Gasteiger partial charge is 0.258 e. The zero-order valence-corrected chi connectivity index (χ0v) is 17.1. The van der Waals surface area contributed by atoms with E-state index < -0.39 is 0 Å². The maximum absolute atomic E-state index is 13.0. The fourth-order valence-corrected chi connectivity index (χ4v) is 4.06. The number of rotatable bonds is 8. The Morgan fingerprint density at radius 3 is 2.75 bits per heavy atom. The van der Waals surface area contributed by atoms with Gasteiger partial charge in [0.05, 0.1) is 5.41 Å². The highest BCUT2D eigenvalue weighted by Crippen LogP contribution is 2.37. The number of hydrogen-bond donors (Lipinski definition) is 0. The summed E-state index contributed by atoms with van der Waals surface area (Å²) < 4.78 is 10.9. The molecule has 2 aromatic rings. The zero-order valence-electron chi connectivity index (χ0n) is 17.1. The molecule has 0 radical (unpaired) electrons. The van der Waals surface area contributed by atoms with Gasteiger partial charge >= 0.3 is 0 Å². The van der Waals surface area contributed by atoms with Gasteiger partial charge in [-0.25, -0.2) is 0 Å². The second-order valence-corrected chi connectivity index (χ2v) is 7.56. The average molecular weight is 386 g/mol. The van der Waals surface area contributed by atoms with Crippen molar-refractivity contribution in [3.8, 4) is 11.5 Å². The van der Waals surface area contributed by atoms with Gasteiger partial charge in [-0.15, -0.1) is 0 Å². The average Bonchev–Trinajstić information content (AvgIpc) is 3.25. The Bertz CT molecular complexity index is 760. The molecule has 0 saturated carbocycles. The van der Waals surface area contributed by atoms with E-state index in [0.717, 1.165) is 44.2 Å². The third-order valence-corrected chi connectivity index (χ3v) is 5.84. The minimum Gasteiger partial charge on any atom is -0.385 e. The predicted molar refractivity (Wildman–Crippen MR) is 106 cm³/mol. The first-order valence-electron chi connectivity index (χ1n) is 10.2. The fraction of sp³-hybridized carbons (Fsp3) is 0.619. The van der Waals surface area contributed by atoms with Gasteiger partial charge in [-0.1, -0.05) is 19.0 Å². The van der Waals surface area contributed by atoms with Crippen LogP contribution in [0.2, 0.25) is 0 Å². The number of piperidine rings is 1. The maximum Gasteiger partial charge on any atom is 0.258 e. The van der Waals surface area contributed by atoms with Crippen LogP contribution in [0.4, 0.5) is 0 Å². The molecule has 3 heterocycles. The van der Waals surface area contributed by atoms with Crippen LogP contribution < -0.4 is 0 Å². The van der Waals surface area contributed by atoms with Crippen LogP contribution in [0.3, 0.4) is 0 Å². The van der Waals surface area contributed by atoms with E-state index >= 15 is 0 Å². The number of pyridine rings is 1. The van der Waals surface area contributed by atoms with Crippen LogP contribution in [-0.4, -0.2) is 52.7 Å². The van der Waals surface area contributed by atoms with Crippen molar-refractivity contribution in [2.75, 3.05) is 26.8 Å². The van der Waals surface area contributed by atoms with Crippen LogP contribution in [0.5, 0.6) is 0 Å². The van der Waals surface area contributed by atoms with Gasteiger partial charge in [-0.2, -0.15) is 4.98 Å². The van der Waals surface area contributed by atoms with Crippen LogP contribution >= 0.6 is 0 Å². The zero-order chi connectivity index (χ0) is 20.0. The van der Waals surface area contributed by atoms with Crippen molar-refractivity contribution in [3.63, 3.8) is 0 Å². The Hall–Kier alpha value is -2.28. The van der Waals surface area contributed by atoms with Gasteiger partial charge in [0.1, 0.15) is 0 Å².